The average molecular weight is 351 g/mol. The smallest absolute Gasteiger partial charge is 0.256 e. The number of nitrogens with zero attached hydrogens (tertiary/aromatic N) is 2. The molecule has 104 valence electrons. The van der Waals surface area contributed by atoms with E-state index in [-0.39, 0.29) is 5.91 Å². The first-order valence-corrected chi connectivity index (χ1v) is 8.12. The standard InChI is InChI=1S/C15H15BrN2OS/c1-18(10-11-5-7-12(20-2)8-6-11)15(19)13-4-3-9-17-14(13)16/h3-9H,10H2,1-2H3. The molecule has 2 rings (SSSR count). The van der Waals surface area contributed by atoms with Crippen LogP contribution in [0.25, 0.3) is 0 Å². The summed E-state index contributed by atoms with van der Waals surface area (Å²) in [6.07, 6.45) is 3.70. The van der Waals surface area contributed by atoms with Crippen LogP contribution in [0.4, 0.5) is 0 Å². The molecule has 0 aliphatic rings. The van der Waals surface area contributed by atoms with Crippen LogP contribution in [0.3, 0.4) is 0 Å². The normalized spacial score (nSPS) is 10.3. The Morgan fingerprint density at radius 2 is 2.00 bits per heavy atom. The molecule has 0 unspecified atom stereocenters. The lowest BCUT2D eigenvalue weighted by molar-refractivity contribution is 0.0783. The molecule has 0 saturated heterocycles. The Labute approximate surface area is 131 Å². The molecule has 0 N–H and O–H groups in total. The van der Waals surface area contributed by atoms with Crippen molar-refractivity contribution in [2.75, 3.05) is 13.3 Å². The zero-order chi connectivity index (χ0) is 14.5. The van der Waals surface area contributed by atoms with Gasteiger partial charge in [-0.2, -0.15) is 0 Å². The number of rotatable bonds is 4. The van der Waals surface area contributed by atoms with Gasteiger partial charge in [0.15, 0.2) is 0 Å². The Hall–Kier alpha value is -1.33. The lowest BCUT2D eigenvalue weighted by Gasteiger charge is -2.18. The van der Waals surface area contributed by atoms with E-state index in [0.717, 1.165) is 5.56 Å². The van der Waals surface area contributed by atoms with Gasteiger partial charge in [0.05, 0.1) is 5.56 Å². The molecule has 5 heteroatoms. The van der Waals surface area contributed by atoms with E-state index in [9.17, 15) is 4.79 Å². The van der Waals surface area contributed by atoms with Crippen LogP contribution in [0.15, 0.2) is 52.1 Å². The van der Waals surface area contributed by atoms with Crippen molar-refractivity contribution < 1.29 is 4.79 Å². The third-order valence-electron chi connectivity index (χ3n) is 2.91. The fourth-order valence-electron chi connectivity index (χ4n) is 1.83. The molecule has 0 saturated carbocycles. The third-order valence-corrected chi connectivity index (χ3v) is 4.29. The number of hydrogen-bond donors (Lipinski definition) is 0. The van der Waals surface area contributed by atoms with Crippen molar-refractivity contribution in [3.63, 3.8) is 0 Å². The van der Waals surface area contributed by atoms with E-state index in [0.29, 0.717) is 16.7 Å². The molecule has 1 amide bonds. The van der Waals surface area contributed by atoms with E-state index >= 15 is 0 Å². The predicted octanol–water partition coefficient (Wildman–Crippen LogP) is 3.84. The Morgan fingerprint density at radius 3 is 2.60 bits per heavy atom. The van der Waals surface area contributed by atoms with Crippen LogP contribution in [-0.2, 0) is 6.54 Å². The lowest BCUT2D eigenvalue weighted by Crippen LogP contribution is -2.26. The minimum Gasteiger partial charge on any atom is -0.337 e. The fraction of sp³-hybridized carbons (Fsp3) is 0.200. The number of amides is 1. The molecule has 0 bridgehead atoms. The first-order chi connectivity index (χ1) is 9.61. The topological polar surface area (TPSA) is 33.2 Å². The van der Waals surface area contributed by atoms with Crippen molar-refractivity contribution >= 4 is 33.6 Å². The first kappa shape index (κ1) is 15.1. The minimum atomic E-state index is -0.0427. The van der Waals surface area contributed by atoms with Crippen molar-refractivity contribution in [1.82, 2.24) is 9.88 Å². The molecule has 1 heterocycles. The SMILES string of the molecule is CSc1ccc(CN(C)C(=O)c2cccnc2Br)cc1. The predicted molar refractivity (Wildman–Crippen MR) is 86.0 cm³/mol. The summed E-state index contributed by atoms with van der Waals surface area (Å²) in [4.78, 5) is 19.3. The number of carbonyl (C=O) groups excluding carboxylic acids is 1. The summed E-state index contributed by atoms with van der Waals surface area (Å²) in [5.74, 6) is -0.0427. The highest BCUT2D eigenvalue weighted by molar-refractivity contribution is 9.10. The zero-order valence-electron chi connectivity index (χ0n) is 11.3. The van der Waals surface area contributed by atoms with Crippen LogP contribution in [-0.4, -0.2) is 29.1 Å². The Kier molecular flexibility index (Phi) is 5.20. The van der Waals surface area contributed by atoms with Crippen LogP contribution in [0, 0.1) is 0 Å². The second kappa shape index (κ2) is 6.90. The molecule has 0 atom stereocenters. The van der Waals surface area contributed by atoms with Crippen LogP contribution < -0.4 is 0 Å². The molecular weight excluding hydrogens is 336 g/mol. The van der Waals surface area contributed by atoms with Crippen molar-refractivity contribution in [1.29, 1.82) is 0 Å². The monoisotopic (exact) mass is 350 g/mol. The number of benzene rings is 1. The van der Waals surface area contributed by atoms with E-state index < -0.39 is 0 Å². The minimum absolute atomic E-state index is 0.0427. The van der Waals surface area contributed by atoms with Crippen LogP contribution in [0.2, 0.25) is 0 Å². The molecule has 0 aliphatic heterocycles. The maximum atomic E-state index is 12.3. The average Bonchev–Trinajstić information content (AvgIpc) is 2.48. The highest BCUT2D eigenvalue weighted by Crippen LogP contribution is 2.18. The van der Waals surface area contributed by atoms with Gasteiger partial charge in [-0.1, -0.05) is 12.1 Å². The summed E-state index contributed by atoms with van der Waals surface area (Å²) in [6.45, 7) is 0.578. The summed E-state index contributed by atoms with van der Waals surface area (Å²) in [5.41, 5.74) is 1.69. The molecule has 20 heavy (non-hydrogen) atoms. The Morgan fingerprint density at radius 1 is 1.30 bits per heavy atom. The summed E-state index contributed by atoms with van der Waals surface area (Å²) >= 11 is 5.01. The van der Waals surface area contributed by atoms with Gasteiger partial charge in [0, 0.05) is 24.7 Å². The quantitative estimate of drug-likeness (QED) is 0.620. The lowest BCUT2D eigenvalue weighted by atomic mass is 10.2. The van der Waals surface area contributed by atoms with Crippen molar-refractivity contribution in [2.24, 2.45) is 0 Å². The summed E-state index contributed by atoms with van der Waals surface area (Å²) < 4.78 is 0.578. The Balaban J connectivity index is 2.09. The Bertz CT molecular complexity index is 601. The van der Waals surface area contributed by atoms with Gasteiger partial charge in [0.1, 0.15) is 4.60 Å². The molecular formula is C15H15BrN2OS. The van der Waals surface area contributed by atoms with Crippen molar-refractivity contribution in [3.8, 4) is 0 Å². The summed E-state index contributed by atoms with van der Waals surface area (Å²) in [5, 5.41) is 0. The van der Waals surface area contributed by atoms with Gasteiger partial charge in [0.25, 0.3) is 5.91 Å². The van der Waals surface area contributed by atoms with E-state index in [1.807, 2.05) is 18.4 Å². The summed E-state index contributed by atoms with van der Waals surface area (Å²) in [7, 11) is 1.80. The summed E-state index contributed by atoms with van der Waals surface area (Å²) in [6, 6.07) is 11.8. The number of aromatic nitrogens is 1. The highest BCUT2D eigenvalue weighted by Gasteiger charge is 2.15. The van der Waals surface area contributed by atoms with Crippen molar-refractivity contribution in [2.45, 2.75) is 11.4 Å². The van der Waals surface area contributed by atoms with Gasteiger partial charge in [-0.05, 0) is 52.0 Å². The molecule has 0 spiro atoms. The number of hydrogen-bond acceptors (Lipinski definition) is 3. The van der Waals surface area contributed by atoms with Crippen molar-refractivity contribution in [3.05, 3.63) is 58.3 Å². The van der Waals surface area contributed by atoms with Gasteiger partial charge >= 0.3 is 0 Å². The van der Waals surface area contributed by atoms with Crippen LogP contribution in [0.1, 0.15) is 15.9 Å². The largest absolute Gasteiger partial charge is 0.337 e. The fourth-order valence-corrected chi connectivity index (χ4v) is 2.66. The number of pyridine rings is 1. The van der Waals surface area contributed by atoms with E-state index in [4.69, 9.17) is 0 Å². The molecule has 1 aromatic heterocycles. The second-order valence-electron chi connectivity index (χ2n) is 4.35. The van der Waals surface area contributed by atoms with Gasteiger partial charge in [-0.3, -0.25) is 4.79 Å². The molecule has 2 aromatic rings. The first-order valence-electron chi connectivity index (χ1n) is 6.10. The van der Waals surface area contributed by atoms with E-state index in [1.54, 1.807) is 42.0 Å². The van der Waals surface area contributed by atoms with Gasteiger partial charge in [0.2, 0.25) is 0 Å². The molecule has 1 aromatic carbocycles. The number of halogens is 1. The van der Waals surface area contributed by atoms with Gasteiger partial charge < -0.3 is 4.90 Å². The van der Waals surface area contributed by atoms with E-state index in [2.05, 4.69) is 33.0 Å². The zero-order valence-corrected chi connectivity index (χ0v) is 13.7. The maximum absolute atomic E-state index is 12.3. The molecule has 3 nitrogen and oxygen atoms in total. The highest BCUT2D eigenvalue weighted by atomic mass is 79.9. The number of carbonyl (C=O) groups is 1. The van der Waals surface area contributed by atoms with Gasteiger partial charge in [-0.15, -0.1) is 11.8 Å². The second-order valence-corrected chi connectivity index (χ2v) is 5.98. The molecule has 0 aliphatic carbocycles. The molecule has 0 radical (unpaired) electrons. The maximum Gasteiger partial charge on any atom is 0.256 e. The van der Waals surface area contributed by atoms with Crippen LogP contribution in [0.5, 0.6) is 0 Å². The third kappa shape index (κ3) is 3.61. The van der Waals surface area contributed by atoms with Crippen LogP contribution >= 0.6 is 27.7 Å². The molecule has 0 fully saturated rings. The van der Waals surface area contributed by atoms with E-state index in [1.165, 1.54) is 4.90 Å². The number of thioether (sulfide) groups is 1. The van der Waals surface area contributed by atoms with Gasteiger partial charge in [-0.25, -0.2) is 4.98 Å².